The number of aryl methyl sites for hydroxylation is 1. The van der Waals surface area contributed by atoms with Gasteiger partial charge in [-0.1, -0.05) is 12.1 Å². The molecular formula is C24H23N7O3. The molecule has 5 heterocycles. The molecule has 0 saturated carbocycles. The molecule has 1 saturated heterocycles. The number of hydrogen-bond donors (Lipinski definition) is 0. The molecule has 34 heavy (non-hydrogen) atoms. The van der Waals surface area contributed by atoms with E-state index in [1.54, 1.807) is 28.0 Å². The number of carbonyl (C=O) groups is 2. The summed E-state index contributed by atoms with van der Waals surface area (Å²) >= 11 is 0. The van der Waals surface area contributed by atoms with Gasteiger partial charge in [-0.3, -0.25) is 4.79 Å². The Labute approximate surface area is 195 Å². The molecule has 1 aliphatic heterocycles. The highest BCUT2D eigenvalue weighted by atomic mass is 16.5. The van der Waals surface area contributed by atoms with Crippen LogP contribution in [0.1, 0.15) is 16.1 Å². The molecule has 4 aromatic rings. The van der Waals surface area contributed by atoms with Gasteiger partial charge in [0.25, 0.3) is 5.91 Å². The lowest BCUT2D eigenvalue weighted by Gasteiger charge is -2.35. The quantitative estimate of drug-likeness (QED) is 0.419. The summed E-state index contributed by atoms with van der Waals surface area (Å²) in [6, 6.07) is 13.0. The smallest absolute Gasteiger partial charge is 0.340 e. The van der Waals surface area contributed by atoms with Gasteiger partial charge >= 0.3 is 5.97 Å². The predicted molar refractivity (Wildman–Crippen MR) is 125 cm³/mol. The number of carbonyl (C=O) groups excluding carboxylic acids is 2. The zero-order valence-corrected chi connectivity index (χ0v) is 18.7. The fourth-order valence-electron chi connectivity index (χ4n) is 3.92. The summed E-state index contributed by atoms with van der Waals surface area (Å²) in [5.74, 6) is 0.713. The third kappa shape index (κ3) is 4.29. The van der Waals surface area contributed by atoms with Crippen LogP contribution in [0.4, 0.5) is 5.82 Å². The number of ether oxygens (including phenoxy) is 1. The number of nitrogens with zero attached hydrogens (tertiary/aromatic N) is 7. The number of pyridine rings is 3. The second-order valence-corrected chi connectivity index (χ2v) is 7.91. The van der Waals surface area contributed by atoms with Crippen LogP contribution in [-0.2, 0) is 9.53 Å². The molecule has 10 heteroatoms. The molecule has 0 aromatic carbocycles. The van der Waals surface area contributed by atoms with Crippen molar-refractivity contribution in [1.82, 2.24) is 29.6 Å². The maximum absolute atomic E-state index is 12.6. The number of esters is 1. The van der Waals surface area contributed by atoms with Gasteiger partial charge in [-0.05, 0) is 37.3 Å². The first-order valence-electron chi connectivity index (χ1n) is 11.0. The molecule has 0 radical (unpaired) electrons. The Hall–Kier alpha value is -4.34. The lowest BCUT2D eigenvalue weighted by molar-refractivity contribution is -0.134. The summed E-state index contributed by atoms with van der Waals surface area (Å²) in [5, 5.41) is 5.21. The molecule has 1 amide bonds. The van der Waals surface area contributed by atoms with Gasteiger partial charge in [-0.25, -0.2) is 19.7 Å². The van der Waals surface area contributed by atoms with Crippen molar-refractivity contribution in [2.45, 2.75) is 6.92 Å². The van der Waals surface area contributed by atoms with E-state index in [0.717, 1.165) is 11.2 Å². The first-order valence-corrected chi connectivity index (χ1v) is 11.0. The third-order valence-corrected chi connectivity index (χ3v) is 5.74. The summed E-state index contributed by atoms with van der Waals surface area (Å²) in [6.07, 6.45) is 4.87. The van der Waals surface area contributed by atoms with E-state index in [2.05, 4.69) is 25.0 Å². The summed E-state index contributed by atoms with van der Waals surface area (Å²) in [6.45, 7) is 3.98. The molecule has 1 fully saturated rings. The predicted octanol–water partition coefficient (Wildman–Crippen LogP) is 2.02. The minimum absolute atomic E-state index is 0.220. The summed E-state index contributed by atoms with van der Waals surface area (Å²) in [4.78, 5) is 42.1. The molecule has 4 aromatic heterocycles. The Bertz CT molecular complexity index is 1320. The van der Waals surface area contributed by atoms with Crippen LogP contribution in [0, 0.1) is 6.92 Å². The molecule has 10 nitrogen and oxygen atoms in total. The van der Waals surface area contributed by atoms with Gasteiger partial charge in [0.05, 0.1) is 11.3 Å². The van der Waals surface area contributed by atoms with E-state index >= 15 is 0 Å². The fourth-order valence-corrected chi connectivity index (χ4v) is 3.92. The van der Waals surface area contributed by atoms with Crippen molar-refractivity contribution in [1.29, 1.82) is 0 Å². The minimum Gasteiger partial charge on any atom is -0.452 e. The van der Waals surface area contributed by atoms with Crippen LogP contribution in [0.15, 0.2) is 61.1 Å². The molecule has 0 unspecified atom stereocenters. The second-order valence-electron chi connectivity index (χ2n) is 7.91. The van der Waals surface area contributed by atoms with Crippen molar-refractivity contribution in [3.05, 3.63) is 72.3 Å². The Morgan fingerprint density at radius 2 is 1.65 bits per heavy atom. The highest BCUT2D eigenvalue weighted by molar-refractivity contribution is 5.95. The Kier molecular flexibility index (Phi) is 5.86. The Morgan fingerprint density at radius 3 is 2.32 bits per heavy atom. The number of aromatic nitrogens is 5. The van der Waals surface area contributed by atoms with Crippen LogP contribution in [0.5, 0.6) is 0 Å². The van der Waals surface area contributed by atoms with Gasteiger partial charge in [0.1, 0.15) is 5.82 Å². The summed E-state index contributed by atoms with van der Waals surface area (Å²) in [5.41, 5.74) is 1.57. The number of rotatable bonds is 5. The fraction of sp³-hybridized carbons (Fsp3) is 0.250. The average Bonchev–Trinajstić information content (AvgIpc) is 3.24. The molecule has 172 valence electrons. The van der Waals surface area contributed by atoms with Crippen molar-refractivity contribution >= 4 is 28.7 Å². The third-order valence-electron chi connectivity index (χ3n) is 5.74. The van der Waals surface area contributed by atoms with Crippen molar-refractivity contribution in [2.75, 3.05) is 37.7 Å². The molecule has 0 atom stereocenters. The molecule has 1 aliphatic rings. The maximum atomic E-state index is 12.6. The largest absolute Gasteiger partial charge is 0.452 e. The lowest BCUT2D eigenvalue weighted by atomic mass is 10.2. The van der Waals surface area contributed by atoms with Crippen molar-refractivity contribution < 1.29 is 14.3 Å². The van der Waals surface area contributed by atoms with Crippen LogP contribution < -0.4 is 4.90 Å². The maximum Gasteiger partial charge on any atom is 0.340 e. The zero-order valence-electron chi connectivity index (χ0n) is 18.7. The SMILES string of the molecule is Cc1nn(-c2ccccn2)c2ncc(C(=O)OCC(=O)N3CCN(c4ccccn4)CC3)cc12. The summed E-state index contributed by atoms with van der Waals surface area (Å²) < 4.78 is 6.93. The molecule has 0 aliphatic carbocycles. The molecular weight excluding hydrogens is 434 g/mol. The molecule has 0 bridgehead atoms. The average molecular weight is 457 g/mol. The standard InChI is InChI=1S/C24H23N7O3/c1-17-19-14-18(15-27-23(19)31(28-17)21-7-3-5-9-26-21)24(33)34-16-22(32)30-12-10-29(11-13-30)20-6-2-4-8-25-20/h2-9,14-15H,10-13,16H2,1H3. The van der Waals surface area contributed by atoms with Crippen molar-refractivity contribution in [2.24, 2.45) is 0 Å². The highest BCUT2D eigenvalue weighted by Gasteiger charge is 2.23. The van der Waals surface area contributed by atoms with Gasteiger partial charge in [-0.2, -0.15) is 9.78 Å². The van der Waals surface area contributed by atoms with Gasteiger partial charge in [-0.15, -0.1) is 0 Å². The van der Waals surface area contributed by atoms with E-state index in [0.29, 0.717) is 43.3 Å². The van der Waals surface area contributed by atoms with Crippen LogP contribution in [0.2, 0.25) is 0 Å². The monoisotopic (exact) mass is 457 g/mol. The highest BCUT2D eigenvalue weighted by Crippen LogP contribution is 2.20. The Balaban J connectivity index is 1.20. The van der Waals surface area contributed by atoms with E-state index in [1.165, 1.54) is 6.20 Å². The number of amides is 1. The number of anilines is 1. The number of hydrogen-bond acceptors (Lipinski definition) is 8. The van der Waals surface area contributed by atoms with Gasteiger partial charge in [0, 0.05) is 50.2 Å². The summed E-state index contributed by atoms with van der Waals surface area (Å²) in [7, 11) is 0. The van der Waals surface area contributed by atoms with Gasteiger partial charge in [0.2, 0.25) is 0 Å². The van der Waals surface area contributed by atoms with E-state index in [9.17, 15) is 9.59 Å². The van der Waals surface area contributed by atoms with Gasteiger partial charge < -0.3 is 14.5 Å². The van der Waals surface area contributed by atoms with Crippen molar-refractivity contribution in [3.8, 4) is 5.82 Å². The van der Waals surface area contributed by atoms with Crippen LogP contribution in [-0.4, -0.2) is 74.3 Å². The second kappa shape index (κ2) is 9.26. The first-order chi connectivity index (χ1) is 16.6. The van der Waals surface area contributed by atoms with Crippen LogP contribution >= 0.6 is 0 Å². The molecule has 0 N–H and O–H groups in total. The molecule has 5 rings (SSSR count). The normalized spacial score (nSPS) is 13.8. The minimum atomic E-state index is -0.597. The van der Waals surface area contributed by atoms with E-state index in [1.807, 2.05) is 43.3 Å². The van der Waals surface area contributed by atoms with E-state index in [-0.39, 0.29) is 18.1 Å². The Morgan fingerprint density at radius 1 is 0.941 bits per heavy atom. The van der Waals surface area contributed by atoms with Crippen LogP contribution in [0.25, 0.3) is 16.9 Å². The van der Waals surface area contributed by atoms with Crippen LogP contribution in [0.3, 0.4) is 0 Å². The number of piperazine rings is 1. The topological polar surface area (TPSA) is 106 Å². The lowest BCUT2D eigenvalue weighted by Crippen LogP contribution is -2.50. The number of fused-ring (bicyclic) bond motifs is 1. The van der Waals surface area contributed by atoms with E-state index in [4.69, 9.17) is 4.74 Å². The van der Waals surface area contributed by atoms with E-state index < -0.39 is 5.97 Å². The van der Waals surface area contributed by atoms with Gasteiger partial charge in [0.15, 0.2) is 18.1 Å². The first kappa shape index (κ1) is 21.5. The van der Waals surface area contributed by atoms with Crippen molar-refractivity contribution in [3.63, 3.8) is 0 Å². The zero-order chi connectivity index (χ0) is 23.5. The molecule has 0 spiro atoms.